The zero-order chi connectivity index (χ0) is 23.9. The summed E-state index contributed by atoms with van der Waals surface area (Å²) in [6.45, 7) is 4.26. The summed E-state index contributed by atoms with van der Waals surface area (Å²) in [5.74, 6) is 1.88. The number of thioether (sulfide) groups is 1. The lowest BCUT2D eigenvalue weighted by atomic mass is 10.2. The van der Waals surface area contributed by atoms with Gasteiger partial charge in [0.15, 0.2) is 11.0 Å². The highest BCUT2D eigenvalue weighted by Gasteiger charge is 2.22. The number of pyridine rings is 1. The van der Waals surface area contributed by atoms with Crippen LogP contribution in [-0.4, -0.2) is 44.6 Å². The third-order valence-electron chi connectivity index (χ3n) is 5.00. The van der Waals surface area contributed by atoms with E-state index in [0.717, 1.165) is 17.0 Å². The highest BCUT2D eigenvalue weighted by molar-refractivity contribution is 8.00. The average molecular weight is 476 g/mol. The molecule has 8 nitrogen and oxygen atoms in total. The maximum absolute atomic E-state index is 13.0. The Balaban J connectivity index is 1.62. The highest BCUT2D eigenvalue weighted by atomic mass is 32.2. The van der Waals surface area contributed by atoms with Crippen molar-refractivity contribution in [3.63, 3.8) is 0 Å². The van der Waals surface area contributed by atoms with Crippen molar-refractivity contribution in [2.75, 3.05) is 19.0 Å². The number of methoxy groups -OCH3 is 1. The summed E-state index contributed by atoms with van der Waals surface area (Å²) in [7, 11) is 1.63. The van der Waals surface area contributed by atoms with Crippen LogP contribution in [0.1, 0.15) is 13.8 Å². The first kappa shape index (κ1) is 23.3. The van der Waals surface area contributed by atoms with Crippen LogP contribution in [0.2, 0.25) is 0 Å². The number of ether oxygens (including phenoxy) is 2. The standard InChI is InChI=1S/C25H25N5O3S/c1-4-33-22-8-6-5-7-21(22)27-24(31)17(2)34-25-29-28-23(18-13-15-26-16-14-18)30(25)19-9-11-20(32-3)12-10-19/h5-17H,4H2,1-3H3,(H,27,31). The number of benzene rings is 2. The Morgan fingerprint density at radius 3 is 2.50 bits per heavy atom. The van der Waals surface area contributed by atoms with Gasteiger partial charge in [-0.2, -0.15) is 0 Å². The van der Waals surface area contributed by atoms with Crippen LogP contribution in [0.5, 0.6) is 11.5 Å². The molecule has 1 amide bonds. The zero-order valence-corrected chi connectivity index (χ0v) is 20.0. The van der Waals surface area contributed by atoms with Crippen LogP contribution in [-0.2, 0) is 4.79 Å². The highest BCUT2D eigenvalue weighted by Crippen LogP contribution is 2.32. The van der Waals surface area contributed by atoms with Crippen molar-refractivity contribution in [2.24, 2.45) is 0 Å². The van der Waals surface area contributed by atoms with Crippen molar-refractivity contribution < 1.29 is 14.3 Å². The summed E-state index contributed by atoms with van der Waals surface area (Å²) in [5, 5.41) is 11.9. The fraction of sp³-hybridized carbons (Fsp3) is 0.200. The maximum atomic E-state index is 13.0. The Morgan fingerprint density at radius 1 is 1.06 bits per heavy atom. The first-order chi connectivity index (χ1) is 16.6. The van der Waals surface area contributed by atoms with E-state index in [0.29, 0.717) is 29.0 Å². The van der Waals surface area contributed by atoms with E-state index in [9.17, 15) is 4.79 Å². The molecule has 0 aliphatic carbocycles. The summed E-state index contributed by atoms with van der Waals surface area (Å²) in [4.78, 5) is 17.1. The van der Waals surface area contributed by atoms with Crippen molar-refractivity contribution in [1.29, 1.82) is 0 Å². The van der Waals surface area contributed by atoms with Crippen LogP contribution in [0.4, 0.5) is 5.69 Å². The molecule has 174 valence electrons. The minimum Gasteiger partial charge on any atom is -0.497 e. The van der Waals surface area contributed by atoms with Crippen molar-refractivity contribution >= 4 is 23.4 Å². The van der Waals surface area contributed by atoms with Gasteiger partial charge in [0.05, 0.1) is 24.7 Å². The van der Waals surface area contributed by atoms with E-state index in [1.807, 2.05) is 79.1 Å². The molecule has 4 rings (SSSR count). The Morgan fingerprint density at radius 2 is 1.79 bits per heavy atom. The molecule has 1 unspecified atom stereocenters. The smallest absolute Gasteiger partial charge is 0.237 e. The van der Waals surface area contributed by atoms with E-state index < -0.39 is 5.25 Å². The Labute approximate surface area is 202 Å². The first-order valence-corrected chi connectivity index (χ1v) is 11.7. The van der Waals surface area contributed by atoms with Crippen molar-refractivity contribution in [3.05, 3.63) is 73.1 Å². The van der Waals surface area contributed by atoms with Gasteiger partial charge in [-0.15, -0.1) is 10.2 Å². The lowest BCUT2D eigenvalue weighted by molar-refractivity contribution is -0.115. The van der Waals surface area contributed by atoms with E-state index >= 15 is 0 Å². The van der Waals surface area contributed by atoms with Gasteiger partial charge >= 0.3 is 0 Å². The summed E-state index contributed by atoms with van der Waals surface area (Å²) in [5.41, 5.74) is 2.36. The number of hydrogen-bond donors (Lipinski definition) is 1. The van der Waals surface area contributed by atoms with Gasteiger partial charge < -0.3 is 14.8 Å². The first-order valence-electron chi connectivity index (χ1n) is 10.8. The molecule has 0 saturated heterocycles. The van der Waals surface area contributed by atoms with Gasteiger partial charge in [-0.1, -0.05) is 23.9 Å². The monoisotopic (exact) mass is 475 g/mol. The third-order valence-corrected chi connectivity index (χ3v) is 6.04. The second-order valence-electron chi connectivity index (χ2n) is 7.25. The van der Waals surface area contributed by atoms with Crippen LogP contribution in [0.3, 0.4) is 0 Å². The van der Waals surface area contributed by atoms with Crippen LogP contribution >= 0.6 is 11.8 Å². The SMILES string of the molecule is CCOc1ccccc1NC(=O)C(C)Sc1nnc(-c2ccncc2)n1-c1ccc(OC)cc1. The van der Waals surface area contributed by atoms with E-state index in [-0.39, 0.29) is 5.91 Å². The van der Waals surface area contributed by atoms with Crippen LogP contribution < -0.4 is 14.8 Å². The number of para-hydroxylation sites is 2. The van der Waals surface area contributed by atoms with Gasteiger partial charge in [0.25, 0.3) is 0 Å². The van der Waals surface area contributed by atoms with Crippen LogP contribution in [0, 0.1) is 0 Å². The number of rotatable bonds is 9. The average Bonchev–Trinajstić information content (AvgIpc) is 3.29. The molecular weight excluding hydrogens is 450 g/mol. The summed E-state index contributed by atoms with van der Waals surface area (Å²) in [6.07, 6.45) is 3.42. The molecular formula is C25H25N5O3S. The number of carbonyl (C=O) groups is 1. The fourth-order valence-corrected chi connectivity index (χ4v) is 4.16. The summed E-state index contributed by atoms with van der Waals surface area (Å²) >= 11 is 1.33. The lowest BCUT2D eigenvalue weighted by Gasteiger charge is -2.16. The molecule has 9 heteroatoms. The molecule has 1 atom stereocenters. The molecule has 0 saturated carbocycles. The number of hydrogen-bond acceptors (Lipinski definition) is 7. The van der Waals surface area contributed by atoms with Crippen LogP contribution in [0.15, 0.2) is 78.2 Å². The quantitative estimate of drug-likeness (QED) is 0.346. The third kappa shape index (κ3) is 5.20. The fourth-order valence-electron chi connectivity index (χ4n) is 3.30. The van der Waals surface area contributed by atoms with E-state index in [2.05, 4.69) is 20.5 Å². The minimum absolute atomic E-state index is 0.160. The molecule has 34 heavy (non-hydrogen) atoms. The number of aromatic nitrogens is 4. The summed E-state index contributed by atoms with van der Waals surface area (Å²) in [6, 6.07) is 18.7. The topological polar surface area (TPSA) is 91.2 Å². The Hall–Kier alpha value is -3.85. The van der Waals surface area contributed by atoms with Gasteiger partial charge in [0, 0.05) is 23.6 Å². The molecule has 0 aliphatic heterocycles. The van der Waals surface area contributed by atoms with Crippen molar-refractivity contribution in [3.8, 4) is 28.6 Å². The Kier molecular flexibility index (Phi) is 7.44. The molecule has 0 fully saturated rings. The van der Waals surface area contributed by atoms with Gasteiger partial charge in [-0.25, -0.2) is 0 Å². The summed E-state index contributed by atoms with van der Waals surface area (Å²) < 4.78 is 12.8. The molecule has 0 spiro atoms. The zero-order valence-electron chi connectivity index (χ0n) is 19.1. The maximum Gasteiger partial charge on any atom is 0.237 e. The van der Waals surface area contributed by atoms with Gasteiger partial charge in [0.1, 0.15) is 11.5 Å². The number of carbonyl (C=O) groups excluding carboxylic acids is 1. The van der Waals surface area contributed by atoms with Crippen molar-refractivity contribution in [2.45, 2.75) is 24.3 Å². The van der Waals surface area contributed by atoms with Gasteiger partial charge in [0.2, 0.25) is 5.91 Å². The molecule has 0 radical (unpaired) electrons. The molecule has 4 aromatic rings. The molecule has 1 N–H and O–H groups in total. The number of amides is 1. The Bertz CT molecular complexity index is 1250. The molecule has 0 bridgehead atoms. The van der Waals surface area contributed by atoms with E-state index in [1.54, 1.807) is 19.5 Å². The predicted octanol–water partition coefficient (Wildman–Crippen LogP) is 4.86. The van der Waals surface area contributed by atoms with E-state index in [1.165, 1.54) is 11.8 Å². The molecule has 0 aliphatic rings. The number of nitrogens with zero attached hydrogens (tertiary/aromatic N) is 4. The predicted molar refractivity (Wildman–Crippen MR) is 133 cm³/mol. The largest absolute Gasteiger partial charge is 0.497 e. The number of anilines is 1. The van der Waals surface area contributed by atoms with E-state index in [4.69, 9.17) is 9.47 Å². The second kappa shape index (κ2) is 10.8. The second-order valence-corrected chi connectivity index (χ2v) is 8.56. The molecule has 2 heterocycles. The lowest BCUT2D eigenvalue weighted by Crippen LogP contribution is -2.23. The minimum atomic E-state index is -0.443. The van der Waals surface area contributed by atoms with Gasteiger partial charge in [-0.05, 0) is 62.4 Å². The van der Waals surface area contributed by atoms with Crippen molar-refractivity contribution in [1.82, 2.24) is 19.7 Å². The molecule has 2 aromatic carbocycles. The number of nitrogens with one attached hydrogen (secondary N) is 1. The van der Waals surface area contributed by atoms with Gasteiger partial charge in [-0.3, -0.25) is 14.3 Å². The van der Waals surface area contributed by atoms with Crippen LogP contribution in [0.25, 0.3) is 17.1 Å². The normalized spacial score (nSPS) is 11.6. The molecule has 2 aromatic heterocycles.